The molecular formula is C11H9F2N5. The van der Waals surface area contributed by atoms with E-state index in [1.165, 1.54) is 6.33 Å². The van der Waals surface area contributed by atoms with Gasteiger partial charge in [-0.25, -0.2) is 13.8 Å². The van der Waals surface area contributed by atoms with Gasteiger partial charge in [-0.05, 0) is 0 Å². The molecule has 3 aromatic rings. The molecule has 0 fully saturated rings. The summed E-state index contributed by atoms with van der Waals surface area (Å²) in [6.45, 7) is 0.401. The van der Waals surface area contributed by atoms with E-state index in [0.717, 1.165) is 12.1 Å². The summed E-state index contributed by atoms with van der Waals surface area (Å²) in [5, 5.41) is 7.69. The van der Waals surface area contributed by atoms with Gasteiger partial charge >= 0.3 is 0 Å². The summed E-state index contributed by atoms with van der Waals surface area (Å²) in [4.78, 5) is 4.03. The standard InChI is InChI=1S/C11H9F2N5/c1-17-6-15-16-11(17)4-18-5-14-9-2-7(12)8(13)3-10(9)18/h2-3,5-6H,4H2,1H3. The molecule has 92 valence electrons. The average Bonchev–Trinajstić information content (AvgIpc) is 2.90. The molecule has 0 amide bonds. The zero-order valence-corrected chi connectivity index (χ0v) is 9.51. The van der Waals surface area contributed by atoms with Crippen molar-refractivity contribution < 1.29 is 8.78 Å². The molecule has 0 saturated heterocycles. The van der Waals surface area contributed by atoms with Crippen LogP contribution in [0.1, 0.15) is 5.82 Å². The molecule has 18 heavy (non-hydrogen) atoms. The second-order valence-corrected chi connectivity index (χ2v) is 3.99. The third-order valence-electron chi connectivity index (χ3n) is 2.78. The Labute approximate surface area is 101 Å². The highest BCUT2D eigenvalue weighted by atomic mass is 19.2. The fourth-order valence-electron chi connectivity index (χ4n) is 1.78. The SMILES string of the molecule is Cn1cnnc1Cn1cnc2cc(F)c(F)cc21. The van der Waals surface area contributed by atoms with Gasteiger partial charge in [0.2, 0.25) is 0 Å². The van der Waals surface area contributed by atoms with Crippen LogP contribution in [0.15, 0.2) is 24.8 Å². The Morgan fingerprint density at radius 3 is 2.67 bits per heavy atom. The average molecular weight is 249 g/mol. The molecule has 0 aliphatic heterocycles. The molecule has 0 bridgehead atoms. The van der Waals surface area contributed by atoms with E-state index in [0.29, 0.717) is 23.4 Å². The molecule has 5 nitrogen and oxygen atoms in total. The fourth-order valence-corrected chi connectivity index (χ4v) is 1.78. The molecule has 2 aromatic heterocycles. The van der Waals surface area contributed by atoms with Gasteiger partial charge in [-0.1, -0.05) is 0 Å². The van der Waals surface area contributed by atoms with Crippen molar-refractivity contribution in [3.8, 4) is 0 Å². The first kappa shape index (κ1) is 10.8. The van der Waals surface area contributed by atoms with Gasteiger partial charge in [0.1, 0.15) is 6.33 Å². The lowest BCUT2D eigenvalue weighted by Crippen LogP contribution is -2.04. The Bertz CT molecular complexity index is 715. The summed E-state index contributed by atoms with van der Waals surface area (Å²) in [5.41, 5.74) is 0.938. The number of hydrogen-bond donors (Lipinski definition) is 0. The number of nitrogens with zero attached hydrogens (tertiary/aromatic N) is 5. The van der Waals surface area contributed by atoms with Crippen LogP contribution in [0.2, 0.25) is 0 Å². The van der Waals surface area contributed by atoms with Crippen molar-refractivity contribution in [1.29, 1.82) is 0 Å². The van der Waals surface area contributed by atoms with E-state index in [2.05, 4.69) is 15.2 Å². The molecular weight excluding hydrogens is 240 g/mol. The lowest BCUT2D eigenvalue weighted by molar-refractivity contribution is 0.510. The van der Waals surface area contributed by atoms with Crippen LogP contribution < -0.4 is 0 Å². The summed E-state index contributed by atoms with van der Waals surface area (Å²) in [5.74, 6) is -1.08. The summed E-state index contributed by atoms with van der Waals surface area (Å²) >= 11 is 0. The molecule has 0 unspecified atom stereocenters. The van der Waals surface area contributed by atoms with Gasteiger partial charge in [-0.15, -0.1) is 10.2 Å². The predicted octanol–water partition coefficient (Wildman–Crippen LogP) is 1.49. The minimum atomic E-state index is -0.897. The first-order valence-corrected chi connectivity index (χ1v) is 5.28. The Morgan fingerprint density at radius 2 is 1.94 bits per heavy atom. The van der Waals surface area contributed by atoms with Crippen LogP contribution in [0.3, 0.4) is 0 Å². The van der Waals surface area contributed by atoms with Crippen molar-refractivity contribution in [3.63, 3.8) is 0 Å². The van der Waals surface area contributed by atoms with Crippen LogP contribution >= 0.6 is 0 Å². The molecule has 2 heterocycles. The number of fused-ring (bicyclic) bond motifs is 1. The van der Waals surface area contributed by atoms with E-state index >= 15 is 0 Å². The normalized spacial score (nSPS) is 11.3. The number of aromatic nitrogens is 5. The molecule has 0 radical (unpaired) electrons. The molecule has 3 rings (SSSR count). The molecule has 7 heteroatoms. The lowest BCUT2D eigenvalue weighted by atomic mass is 10.3. The van der Waals surface area contributed by atoms with Gasteiger partial charge in [0.25, 0.3) is 0 Å². The quantitative estimate of drug-likeness (QED) is 0.691. The highest BCUT2D eigenvalue weighted by Gasteiger charge is 2.10. The molecule has 0 saturated carbocycles. The van der Waals surface area contributed by atoms with Gasteiger partial charge in [0, 0.05) is 19.2 Å². The van der Waals surface area contributed by atoms with Crippen LogP contribution in [-0.4, -0.2) is 24.3 Å². The number of benzene rings is 1. The van der Waals surface area contributed by atoms with E-state index in [9.17, 15) is 8.78 Å². The Hall–Kier alpha value is -2.31. The first-order chi connectivity index (χ1) is 8.65. The van der Waals surface area contributed by atoms with Gasteiger partial charge in [0.15, 0.2) is 17.5 Å². The number of aryl methyl sites for hydroxylation is 1. The van der Waals surface area contributed by atoms with Gasteiger partial charge in [-0.3, -0.25) is 0 Å². The zero-order valence-electron chi connectivity index (χ0n) is 9.51. The molecule has 0 atom stereocenters. The van der Waals surface area contributed by atoms with E-state index in [1.807, 2.05) is 7.05 Å². The van der Waals surface area contributed by atoms with E-state index < -0.39 is 11.6 Å². The number of hydrogen-bond acceptors (Lipinski definition) is 3. The van der Waals surface area contributed by atoms with Crippen LogP contribution in [0.25, 0.3) is 11.0 Å². The Morgan fingerprint density at radius 1 is 1.17 bits per heavy atom. The lowest BCUT2D eigenvalue weighted by Gasteiger charge is -2.03. The summed E-state index contributed by atoms with van der Waals surface area (Å²) < 4.78 is 29.7. The van der Waals surface area contributed by atoms with E-state index in [1.54, 1.807) is 15.5 Å². The second-order valence-electron chi connectivity index (χ2n) is 3.99. The highest BCUT2D eigenvalue weighted by molar-refractivity contribution is 5.75. The van der Waals surface area contributed by atoms with Gasteiger partial charge in [-0.2, -0.15) is 0 Å². The summed E-state index contributed by atoms with van der Waals surface area (Å²) in [6.07, 6.45) is 3.10. The van der Waals surface area contributed by atoms with Crippen LogP contribution in [0, 0.1) is 11.6 Å². The van der Waals surface area contributed by atoms with E-state index in [4.69, 9.17) is 0 Å². The number of rotatable bonds is 2. The first-order valence-electron chi connectivity index (χ1n) is 5.28. The smallest absolute Gasteiger partial charge is 0.161 e. The van der Waals surface area contributed by atoms with Crippen LogP contribution in [0.5, 0.6) is 0 Å². The third-order valence-corrected chi connectivity index (χ3v) is 2.78. The maximum atomic E-state index is 13.2. The van der Waals surface area contributed by atoms with Crippen LogP contribution in [0.4, 0.5) is 8.78 Å². The molecule has 0 N–H and O–H groups in total. The number of halogens is 2. The zero-order chi connectivity index (χ0) is 12.7. The summed E-state index contributed by atoms with van der Waals surface area (Å²) in [7, 11) is 1.81. The van der Waals surface area contributed by atoms with Crippen molar-refractivity contribution >= 4 is 11.0 Å². The molecule has 1 aromatic carbocycles. The van der Waals surface area contributed by atoms with Crippen LogP contribution in [-0.2, 0) is 13.6 Å². The van der Waals surface area contributed by atoms with Crippen molar-refractivity contribution in [3.05, 3.63) is 42.2 Å². The summed E-state index contributed by atoms with van der Waals surface area (Å²) in [6, 6.07) is 2.21. The van der Waals surface area contributed by atoms with Crippen molar-refractivity contribution in [2.24, 2.45) is 7.05 Å². The van der Waals surface area contributed by atoms with Crippen molar-refractivity contribution in [2.75, 3.05) is 0 Å². The van der Waals surface area contributed by atoms with Gasteiger partial charge in [0.05, 0.1) is 23.9 Å². The van der Waals surface area contributed by atoms with E-state index in [-0.39, 0.29) is 0 Å². The second kappa shape index (κ2) is 3.86. The Kier molecular flexibility index (Phi) is 2.32. The maximum absolute atomic E-state index is 13.2. The predicted molar refractivity (Wildman–Crippen MR) is 59.8 cm³/mol. The number of imidazole rings is 1. The largest absolute Gasteiger partial charge is 0.323 e. The molecule has 0 aliphatic carbocycles. The minimum absolute atomic E-state index is 0.401. The fraction of sp³-hybridized carbons (Fsp3) is 0.182. The Balaban J connectivity index is 2.08. The highest BCUT2D eigenvalue weighted by Crippen LogP contribution is 2.18. The third kappa shape index (κ3) is 1.64. The molecule has 0 spiro atoms. The minimum Gasteiger partial charge on any atom is -0.323 e. The van der Waals surface area contributed by atoms with Crippen molar-refractivity contribution in [1.82, 2.24) is 24.3 Å². The maximum Gasteiger partial charge on any atom is 0.161 e. The topological polar surface area (TPSA) is 48.5 Å². The van der Waals surface area contributed by atoms with Crippen molar-refractivity contribution in [2.45, 2.75) is 6.54 Å². The molecule has 0 aliphatic rings. The van der Waals surface area contributed by atoms with Gasteiger partial charge < -0.3 is 9.13 Å². The monoisotopic (exact) mass is 249 g/mol.